The van der Waals surface area contributed by atoms with Crippen molar-refractivity contribution in [1.29, 1.82) is 0 Å². The molecule has 0 spiro atoms. The van der Waals surface area contributed by atoms with Crippen LogP contribution in [0.2, 0.25) is 0 Å². The minimum atomic E-state index is -0.617. The van der Waals surface area contributed by atoms with Crippen LogP contribution in [0.25, 0.3) is 0 Å². The number of rotatable bonds is 6. The number of amides is 2. The highest BCUT2D eigenvalue weighted by Crippen LogP contribution is 2.09. The molecule has 1 rings (SSSR count). The average Bonchev–Trinajstić information content (AvgIpc) is 2.42. The molecule has 0 radical (unpaired) electrons. The molecule has 0 aliphatic heterocycles. The average molecular weight is 278 g/mol. The van der Waals surface area contributed by atoms with Gasteiger partial charge in [0.2, 0.25) is 5.91 Å². The fourth-order valence-corrected chi connectivity index (χ4v) is 1.87. The topological polar surface area (TPSA) is 78.4 Å². The summed E-state index contributed by atoms with van der Waals surface area (Å²) in [6.07, 6.45) is 0. The van der Waals surface area contributed by atoms with Gasteiger partial charge in [-0.2, -0.15) is 0 Å². The molecule has 0 aliphatic carbocycles. The van der Waals surface area contributed by atoms with Crippen molar-refractivity contribution in [2.75, 3.05) is 13.2 Å². The summed E-state index contributed by atoms with van der Waals surface area (Å²) in [5.74, 6) is -0.585. The van der Waals surface area contributed by atoms with Gasteiger partial charge in [-0.15, -0.1) is 0 Å². The van der Waals surface area contributed by atoms with E-state index in [1.165, 1.54) is 0 Å². The Bertz CT molecular complexity index is 472. The SMILES string of the molecule is Cc1ccccc1C(=O)NC(C(=O)NCCO)C(C)C. The third-order valence-corrected chi connectivity index (χ3v) is 3.04. The second kappa shape index (κ2) is 7.65. The van der Waals surface area contributed by atoms with Crippen LogP contribution in [0.4, 0.5) is 0 Å². The maximum absolute atomic E-state index is 12.2. The van der Waals surface area contributed by atoms with Gasteiger partial charge in [0, 0.05) is 12.1 Å². The third kappa shape index (κ3) is 4.35. The summed E-state index contributed by atoms with van der Waals surface area (Å²) in [5.41, 5.74) is 1.43. The highest BCUT2D eigenvalue weighted by atomic mass is 16.3. The van der Waals surface area contributed by atoms with E-state index in [0.717, 1.165) is 5.56 Å². The van der Waals surface area contributed by atoms with Crippen molar-refractivity contribution in [3.63, 3.8) is 0 Å². The Kier molecular flexibility index (Phi) is 6.18. The zero-order valence-electron chi connectivity index (χ0n) is 12.1. The maximum atomic E-state index is 12.2. The van der Waals surface area contributed by atoms with Crippen LogP contribution in [0.1, 0.15) is 29.8 Å². The van der Waals surface area contributed by atoms with Crippen molar-refractivity contribution in [3.05, 3.63) is 35.4 Å². The number of carbonyl (C=O) groups is 2. The molecule has 0 bridgehead atoms. The largest absolute Gasteiger partial charge is 0.395 e. The minimum absolute atomic E-state index is 0.0401. The molecule has 0 aliphatic rings. The molecule has 2 amide bonds. The van der Waals surface area contributed by atoms with Gasteiger partial charge in [0.05, 0.1) is 6.61 Å². The highest BCUT2D eigenvalue weighted by molar-refractivity contribution is 5.98. The van der Waals surface area contributed by atoms with Crippen LogP contribution in [-0.4, -0.2) is 36.1 Å². The van der Waals surface area contributed by atoms with Gasteiger partial charge in [0.15, 0.2) is 0 Å². The van der Waals surface area contributed by atoms with Crippen molar-refractivity contribution in [3.8, 4) is 0 Å². The van der Waals surface area contributed by atoms with Crippen LogP contribution in [0.3, 0.4) is 0 Å². The fourth-order valence-electron chi connectivity index (χ4n) is 1.87. The van der Waals surface area contributed by atoms with E-state index in [-0.39, 0.29) is 30.9 Å². The van der Waals surface area contributed by atoms with Gasteiger partial charge in [-0.3, -0.25) is 9.59 Å². The molecule has 0 fully saturated rings. The van der Waals surface area contributed by atoms with Crippen LogP contribution >= 0.6 is 0 Å². The Balaban J connectivity index is 2.78. The number of aryl methyl sites for hydroxylation is 1. The summed E-state index contributed by atoms with van der Waals surface area (Å²) in [7, 11) is 0. The van der Waals surface area contributed by atoms with E-state index in [4.69, 9.17) is 5.11 Å². The first-order valence-corrected chi connectivity index (χ1v) is 6.72. The summed E-state index contributed by atoms with van der Waals surface area (Å²) >= 11 is 0. The van der Waals surface area contributed by atoms with Crippen molar-refractivity contribution in [2.45, 2.75) is 26.8 Å². The quantitative estimate of drug-likeness (QED) is 0.722. The zero-order valence-corrected chi connectivity index (χ0v) is 12.1. The van der Waals surface area contributed by atoms with Gasteiger partial charge >= 0.3 is 0 Å². The van der Waals surface area contributed by atoms with Crippen LogP contribution in [0, 0.1) is 12.8 Å². The Morgan fingerprint density at radius 2 is 1.90 bits per heavy atom. The molecule has 1 unspecified atom stereocenters. The number of nitrogens with one attached hydrogen (secondary N) is 2. The lowest BCUT2D eigenvalue weighted by molar-refractivity contribution is -0.124. The molecule has 1 aromatic carbocycles. The first-order valence-electron chi connectivity index (χ1n) is 6.72. The lowest BCUT2D eigenvalue weighted by atomic mass is 10.0. The molecule has 5 nitrogen and oxygen atoms in total. The summed E-state index contributed by atoms with van der Waals surface area (Å²) in [4.78, 5) is 24.2. The summed E-state index contributed by atoms with van der Waals surface area (Å²) in [5, 5.41) is 14.1. The molecule has 3 N–H and O–H groups in total. The molecule has 0 aromatic heterocycles. The number of benzene rings is 1. The van der Waals surface area contributed by atoms with E-state index in [1.54, 1.807) is 12.1 Å². The molecule has 0 saturated heterocycles. The molecule has 0 heterocycles. The minimum Gasteiger partial charge on any atom is -0.395 e. The lowest BCUT2D eigenvalue weighted by Gasteiger charge is -2.22. The van der Waals surface area contributed by atoms with Crippen molar-refractivity contribution in [1.82, 2.24) is 10.6 Å². The summed E-state index contributed by atoms with van der Waals surface area (Å²) < 4.78 is 0. The maximum Gasteiger partial charge on any atom is 0.252 e. The number of aliphatic hydroxyl groups is 1. The number of hydrogen-bond acceptors (Lipinski definition) is 3. The van der Waals surface area contributed by atoms with E-state index >= 15 is 0 Å². The van der Waals surface area contributed by atoms with E-state index < -0.39 is 6.04 Å². The Morgan fingerprint density at radius 1 is 1.25 bits per heavy atom. The van der Waals surface area contributed by atoms with Crippen LogP contribution < -0.4 is 10.6 Å². The van der Waals surface area contributed by atoms with E-state index in [1.807, 2.05) is 32.9 Å². The molecule has 5 heteroatoms. The monoisotopic (exact) mass is 278 g/mol. The van der Waals surface area contributed by atoms with Crippen LogP contribution in [0.15, 0.2) is 24.3 Å². The predicted molar refractivity (Wildman–Crippen MR) is 77.4 cm³/mol. The number of hydrogen-bond donors (Lipinski definition) is 3. The van der Waals surface area contributed by atoms with Gasteiger partial charge in [0.25, 0.3) is 5.91 Å². The third-order valence-electron chi connectivity index (χ3n) is 3.04. The molecular formula is C15H22N2O3. The summed E-state index contributed by atoms with van der Waals surface area (Å²) in [6, 6.07) is 6.62. The van der Waals surface area contributed by atoms with Crippen molar-refractivity contribution < 1.29 is 14.7 Å². The van der Waals surface area contributed by atoms with Crippen molar-refractivity contribution in [2.24, 2.45) is 5.92 Å². The second-order valence-electron chi connectivity index (χ2n) is 5.02. The summed E-state index contributed by atoms with van der Waals surface area (Å²) in [6.45, 7) is 5.64. The molecule has 20 heavy (non-hydrogen) atoms. The molecular weight excluding hydrogens is 256 g/mol. The lowest BCUT2D eigenvalue weighted by Crippen LogP contribution is -2.50. The highest BCUT2D eigenvalue weighted by Gasteiger charge is 2.24. The fraction of sp³-hybridized carbons (Fsp3) is 0.467. The molecule has 1 atom stereocenters. The number of aliphatic hydroxyl groups excluding tert-OH is 1. The van der Waals surface area contributed by atoms with E-state index in [0.29, 0.717) is 5.56 Å². The van der Waals surface area contributed by atoms with Crippen molar-refractivity contribution >= 4 is 11.8 Å². The molecule has 1 aromatic rings. The first kappa shape index (κ1) is 16.2. The zero-order chi connectivity index (χ0) is 15.1. The van der Waals surface area contributed by atoms with E-state index in [9.17, 15) is 9.59 Å². The normalized spacial score (nSPS) is 12.1. The van der Waals surface area contributed by atoms with Crippen LogP contribution in [-0.2, 0) is 4.79 Å². The Labute approximate surface area is 119 Å². The molecule has 110 valence electrons. The smallest absolute Gasteiger partial charge is 0.252 e. The van der Waals surface area contributed by atoms with Gasteiger partial charge in [0.1, 0.15) is 6.04 Å². The van der Waals surface area contributed by atoms with Gasteiger partial charge < -0.3 is 15.7 Å². The predicted octanol–water partition coefficient (Wildman–Crippen LogP) is 0.858. The van der Waals surface area contributed by atoms with Gasteiger partial charge in [-0.25, -0.2) is 0 Å². The van der Waals surface area contributed by atoms with Gasteiger partial charge in [-0.05, 0) is 24.5 Å². The van der Waals surface area contributed by atoms with Gasteiger partial charge in [-0.1, -0.05) is 32.0 Å². The van der Waals surface area contributed by atoms with E-state index in [2.05, 4.69) is 10.6 Å². The Morgan fingerprint density at radius 3 is 2.45 bits per heavy atom. The standard InChI is InChI=1S/C15H22N2O3/c1-10(2)13(15(20)16-8-9-18)17-14(19)12-7-5-4-6-11(12)3/h4-7,10,13,18H,8-9H2,1-3H3,(H,16,20)(H,17,19). The second-order valence-corrected chi connectivity index (χ2v) is 5.02. The number of carbonyl (C=O) groups excluding carboxylic acids is 2. The Hall–Kier alpha value is -1.88. The first-order chi connectivity index (χ1) is 9.47. The molecule has 0 saturated carbocycles. The van der Waals surface area contributed by atoms with Crippen LogP contribution in [0.5, 0.6) is 0 Å².